The number of anilines is 1. The molecule has 0 amide bonds. The second-order valence-electron chi connectivity index (χ2n) is 5.53. The Balaban J connectivity index is 2.17. The Kier molecular flexibility index (Phi) is 4.74. The average Bonchev–Trinajstić information content (AvgIpc) is 3.02. The van der Waals surface area contributed by atoms with Gasteiger partial charge < -0.3 is 11.1 Å². The van der Waals surface area contributed by atoms with Crippen LogP contribution in [0.3, 0.4) is 0 Å². The quantitative estimate of drug-likeness (QED) is 0.673. The van der Waals surface area contributed by atoms with Crippen molar-refractivity contribution in [1.82, 2.24) is 9.55 Å². The molecule has 0 saturated carbocycles. The minimum absolute atomic E-state index is 0.214. The lowest BCUT2D eigenvalue weighted by Crippen LogP contribution is -2.25. The SMILES string of the molecule is CCn1c(N)c(C=N)cc(-c2ccc(-c3cnc(C)s3)cc2Cl)c1=O. The molecule has 3 rings (SSSR count). The van der Waals surface area contributed by atoms with Crippen molar-refractivity contribution in [2.75, 3.05) is 5.73 Å². The highest BCUT2D eigenvalue weighted by atomic mass is 35.5. The predicted molar refractivity (Wildman–Crippen MR) is 105 cm³/mol. The number of hydrogen-bond acceptors (Lipinski definition) is 5. The van der Waals surface area contributed by atoms with Crippen LogP contribution in [-0.4, -0.2) is 15.8 Å². The molecule has 25 heavy (non-hydrogen) atoms. The van der Waals surface area contributed by atoms with E-state index in [1.165, 1.54) is 4.57 Å². The van der Waals surface area contributed by atoms with Crippen LogP contribution in [-0.2, 0) is 6.54 Å². The second-order valence-corrected chi connectivity index (χ2v) is 7.17. The first-order chi connectivity index (χ1) is 12.0. The molecule has 0 saturated heterocycles. The van der Waals surface area contributed by atoms with Gasteiger partial charge in [-0.05, 0) is 31.5 Å². The summed E-state index contributed by atoms with van der Waals surface area (Å²) >= 11 is 8.06. The highest BCUT2D eigenvalue weighted by Gasteiger charge is 2.15. The van der Waals surface area contributed by atoms with Crippen LogP contribution in [0.5, 0.6) is 0 Å². The fraction of sp³-hybridized carbons (Fsp3) is 0.167. The molecule has 0 aliphatic rings. The van der Waals surface area contributed by atoms with Crippen molar-refractivity contribution in [2.24, 2.45) is 0 Å². The fourth-order valence-corrected chi connectivity index (χ4v) is 3.76. The number of hydrogen-bond donors (Lipinski definition) is 2. The molecule has 2 aromatic heterocycles. The van der Waals surface area contributed by atoms with Crippen LogP contribution in [0.15, 0.2) is 35.3 Å². The number of pyridine rings is 1. The third-order valence-electron chi connectivity index (χ3n) is 4.00. The molecule has 0 aliphatic heterocycles. The molecule has 1 aromatic carbocycles. The number of nitrogens with one attached hydrogen (secondary N) is 1. The van der Waals surface area contributed by atoms with Gasteiger partial charge in [-0.2, -0.15) is 0 Å². The van der Waals surface area contributed by atoms with Crippen LogP contribution < -0.4 is 11.3 Å². The van der Waals surface area contributed by atoms with E-state index in [9.17, 15) is 4.79 Å². The molecular weight excluding hydrogens is 356 g/mol. The Morgan fingerprint density at radius 1 is 1.36 bits per heavy atom. The summed E-state index contributed by atoms with van der Waals surface area (Å²) in [6.07, 6.45) is 2.96. The van der Waals surface area contributed by atoms with Gasteiger partial charge >= 0.3 is 0 Å². The number of halogens is 1. The summed E-state index contributed by atoms with van der Waals surface area (Å²) in [5, 5.41) is 8.99. The van der Waals surface area contributed by atoms with Crippen LogP contribution in [0.4, 0.5) is 5.82 Å². The number of aryl methyl sites for hydroxylation is 1. The van der Waals surface area contributed by atoms with Crippen LogP contribution in [0.1, 0.15) is 17.5 Å². The molecule has 5 nitrogen and oxygen atoms in total. The summed E-state index contributed by atoms with van der Waals surface area (Å²) in [5.41, 5.74) is 8.27. The molecule has 3 aromatic rings. The van der Waals surface area contributed by atoms with E-state index in [0.717, 1.165) is 21.7 Å². The molecule has 3 N–H and O–H groups in total. The lowest BCUT2D eigenvalue weighted by molar-refractivity contribution is 0.740. The first-order valence-electron chi connectivity index (χ1n) is 7.72. The Morgan fingerprint density at radius 2 is 2.12 bits per heavy atom. The van der Waals surface area contributed by atoms with Gasteiger partial charge in [-0.1, -0.05) is 23.7 Å². The zero-order valence-corrected chi connectivity index (χ0v) is 15.4. The third-order valence-corrected chi connectivity index (χ3v) is 5.27. The summed E-state index contributed by atoms with van der Waals surface area (Å²) in [4.78, 5) is 18.0. The van der Waals surface area contributed by atoms with Crippen LogP contribution in [0, 0.1) is 12.3 Å². The maximum atomic E-state index is 12.7. The number of rotatable bonds is 4. The van der Waals surface area contributed by atoms with E-state index in [-0.39, 0.29) is 5.56 Å². The van der Waals surface area contributed by atoms with Crippen molar-refractivity contribution >= 4 is 35.0 Å². The molecule has 0 aliphatic carbocycles. The van der Waals surface area contributed by atoms with Crippen molar-refractivity contribution in [3.8, 4) is 21.6 Å². The minimum atomic E-state index is -0.214. The summed E-state index contributed by atoms with van der Waals surface area (Å²) in [7, 11) is 0. The van der Waals surface area contributed by atoms with Gasteiger partial charge in [0, 0.05) is 40.7 Å². The van der Waals surface area contributed by atoms with Gasteiger partial charge in [-0.15, -0.1) is 11.3 Å². The minimum Gasteiger partial charge on any atom is -0.384 e. The monoisotopic (exact) mass is 372 g/mol. The molecular formula is C18H17ClN4OS. The average molecular weight is 373 g/mol. The van der Waals surface area contributed by atoms with E-state index in [1.54, 1.807) is 17.4 Å². The van der Waals surface area contributed by atoms with Gasteiger partial charge in [0.2, 0.25) is 0 Å². The van der Waals surface area contributed by atoms with Crippen molar-refractivity contribution in [3.05, 3.63) is 56.4 Å². The molecule has 0 bridgehead atoms. The van der Waals surface area contributed by atoms with Gasteiger partial charge in [0.25, 0.3) is 5.56 Å². The zero-order chi connectivity index (χ0) is 18.1. The predicted octanol–water partition coefficient (Wildman–Crippen LogP) is 4.20. The van der Waals surface area contributed by atoms with Gasteiger partial charge in [0.1, 0.15) is 5.82 Å². The number of benzene rings is 1. The molecule has 7 heteroatoms. The van der Waals surface area contributed by atoms with Gasteiger partial charge in [-0.25, -0.2) is 4.98 Å². The summed E-state index contributed by atoms with van der Waals surface area (Å²) in [6.45, 7) is 4.21. The molecule has 0 spiro atoms. The molecule has 128 valence electrons. The largest absolute Gasteiger partial charge is 0.384 e. The topological polar surface area (TPSA) is 84.8 Å². The summed E-state index contributed by atoms with van der Waals surface area (Å²) in [5.74, 6) is 0.291. The van der Waals surface area contributed by atoms with Crippen LogP contribution in [0.2, 0.25) is 5.02 Å². The van der Waals surface area contributed by atoms with E-state index in [0.29, 0.717) is 34.1 Å². The Hall–Kier alpha value is -2.44. The molecule has 0 fully saturated rings. The molecule has 0 radical (unpaired) electrons. The Labute approximate surface area is 154 Å². The van der Waals surface area contributed by atoms with Crippen LogP contribution in [0.25, 0.3) is 21.6 Å². The van der Waals surface area contributed by atoms with Gasteiger partial charge in [-0.3, -0.25) is 9.36 Å². The lowest BCUT2D eigenvalue weighted by Gasteiger charge is -2.13. The van der Waals surface area contributed by atoms with E-state index in [2.05, 4.69) is 4.98 Å². The highest BCUT2D eigenvalue weighted by Crippen LogP contribution is 2.33. The maximum absolute atomic E-state index is 12.7. The summed E-state index contributed by atoms with van der Waals surface area (Å²) < 4.78 is 1.45. The van der Waals surface area contributed by atoms with Gasteiger partial charge in [0.05, 0.1) is 9.88 Å². The standard InChI is InChI=1S/C18H17ClN4OS/c1-3-23-17(21)12(8-20)6-14(18(23)24)13-5-4-11(7-15(13)19)16-9-22-10(2)25-16/h4-9,20H,3,21H2,1-2H3. The second kappa shape index (κ2) is 6.82. The van der Waals surface area contributed by atoms with Crippen molar-refractivity contribution in [2.45, 2.75) is 20.4 Å². The third kappa shape index (κ3) is 3.10. The number of nitrogen functional groups attached to an aromatic ring is 1. The Morgan fingerprint density at radius 3 is 2.68 bits per heavy atom. The molecule has 0 atom stereocenters. The molecule has 0 unspecified atom stereocenters. The van der Waals surface area contributed by atoms with Crippen molar-refractivity contribution in [1.29, 1.82) is 5.41 Å². The number of thiazole rings is 1. The maximum Gasteiger partial charge on any atom is 0.260 e. The lowest BCUT2D eigenvalue weighted by atomic mass is 10.0. The van der Waals surface area contributed by atoms with Gasteiger partial charge in [0.15, 0.2) is 0 Å². The number of nitrogens with two attached hydrogens (primary N) is 1. The van der Waals surface area contributed by atoms with E-state index in [1.807, 2.05) is 38.2 Å². The van der Waals surface area contributed by atoms with E-state index < -0.39 is 0 Å². The number of aromatic nitrogens is 2. The Bertz CT molecular complexity index is 1020. The van der Waals surface area contributed by atoms with E-state index in [4.69, 9.17) is 22.7 Å². The van der Waals surface area contributed by atoms with Crippen molar-refractivity contribution < 1.29 is 0 Å². The van der Waals surface area contributed by atoms with E-state index >= 15 is 0 Å². The van der Waals surface area contributed by atoms with Crippen molar-refractivity contribution in [3.63, 3.8) is 0 Å². The first-order valence-corrected chi connectivity index (χ1v) is 8.92. The summed E-state index contributed by atoms with van der Waals surface area (Å²) in [6, 6.07) is 7.20. The number of nitrogens with zero attached hydrogens (tertiary/aromatic N) is 2. The fourth-order valence-electron chi connectivity index (χ4n) is 2.71. The van der Waals surface area contributed by atoms with Crippen LogP contribution >= 0.6 is 22.9 Å². The smallest absolute Gasteiger partial charge is 0.260 e. The zero-order valence-electron chi connectivity index (χ0n) is 13.8. The normalized spacial score (nSPS) is 10.8. The highest BCUT2D eigenvalue weighted by molar-refractivity contribution is 7.15. The first kappa shape index (κ1) is 17.4. The molecule has 2 heterocycles.